The van der Waals surface area contributed by atoms with E-state index in [4.69, 9.17) is 4.74 Å². The van der Waals surface area contributed by atoms with Crippen LogP contribution in [0, 0.1) is 5.82 Å². The standard InChI is InChI=1S/C22H22FN3O2/c23-18-9-7-16(8-10-18)15-28-20-5-3-4-17(12-20)22(27)24-13-19-14-26-11-2-1-6-21(26)25-19/h3-5,7-10,12,14H,1-2,6,11,13,15H2,(H,24,27). The minimum Gasteiger partial charge on any atom is -0.489 e. The molecule has 0 spiro atoms. The minimum absolute atomic E-state index is 0.168. The summed E-state index contributed by atoms with van der Waals surface area (Å²) in [4.78, 5) is 17.1. The second-order valence-electron chi connectivity index (χ2n) is 6.92. The average Bonchev–Trinajstić information content (AvgIpc) is 3.15. The first-order chi connectivity index (χ1) is 13.7. The highest BCUT2D eigenvalue weighted by Gasteiger charge is 2.13. The van der Waals surface area contributed by atoms with E-state index in [9.17, 15) is 9.18 Å². The van der Waals surface area contributed by atoms with Crippen molar-refractivity contribution >= 4 is 5.91 Å². The van der Waals surface area contributed by atoms with Gasteiger partial charge in [-0.25, -0.2) is 9.37 Å². The van der Waals surface area contributed by atoms with Crippen molar-refractivity contribution in [2.24, 2.45) is 0 Å². The lowest BCUT2D eigenvalue weighted by atomic mass is 10.2. The summed E-state index contributed by atoms with van der Waals surface area (Å²) in [5.74, 6) is 1.25. The Balaban J connectivity index is 1.34. The van der Waals surface area contributed by atoms with Crippen molar-refractivity contribution < 1.29 is 13.9 Å². The van der Waals surface area contributed by atoms with Crippen molar-refractivity contribution in [2.75, 3.05) is 0 Å². The van der Waals surface area contributed by atoms with Gasteiger partial charge >= 0.3 is 0 Å². The number of carbonyl (C=O) groups is 1. The Morgan fingerprint density at radius 2 is 2.04 bits per heavy atom. The molecule has 2 heterocycles. The topological polar surface area (TPSA) is 56.2 Å². The first-order valence-corrected chi connectivity index (χ1v) is 9.48. The number of ether oxygens (including phenoxy) is 1. The second-order valence-corrected chi connectivity index (χ2v) is 6.92. The Bertz CT molecular complexity index is 943. The Labute approximate surface area is 163 Å². The fraction of sp³-hybridized carbons (Fsp3) is 0.273. The van der Waals surface area contributed by atoms with Crippen molar-refractivity contribution in [1.29, 1.82) is 0 Å². The van der Waals surface area contributed by atoms with E-state index in [0.29, 0.717) is 24.5 Å². The first-order valence-electron chi connectivity index (χ1n) is 9.48. The number of fused-ring (bicyclic) bond motifs is 1. The third kappa shape index (κ3) is 4.39. The molecule has 0 bridgehead atoms. The van der Waals surface area contributed by atoms with E-state index in [1.807, 2.05) is 6.20 Å². The molecule has 2 aromatic carbocycles. The van der Waals surface area contributed by atoms with E-state index in [1.165, 1.54) is 25.0 Å². The van der Waals surface area contributed by atoms with Crippen LogP contribution in [0.5, 0.6) is 5.75 Å². The number of nitrogens with one attached hydrogen (secondary N) is 1. The van der Waals surface area contributed by atoms with Crippen molar-refractivity contribution in [1.82, 2.24) is 14.9 Å². The minimum atomic E-state index is -0.277. The van der Waals surface area contributed by atoms with Crippen LogP contribution >= 0.6 is 0 Å². The van der Waals surface area contributed by atoms with Gasteiger partial charge in [0.05, 0.1) is 12.2 Å². The summed E-state index contributed by atoms with van der Waals surface area (Å²) in [6, 6.07) is 13.2. The molecule has 0 radical (unpaired) electrons. The van der Waals surface area contributed by atoms with Gasteiger partial charge in [0.2, 0.25) is 0 Å². The molecule has 6 heteroatoms. The van der Waals surface area contributed by atoms with Crippen LogP contribution in [-0.4, -0.2) is 15.5 Å². The van der Waals surface area contributed by atoms with Crippen LogP contribution in [0.3, 0.4) is 0 Å². The summed E-state index contributed by atoms with van der Waals surface area (Å²) in [5.41, 5.74) is 2.27. The highest BCUT2D eigenvalue weighted by atomic mass is 19.1. The van der Waals surface area contributed by atoms with Crippen LogP contribution in [0.15, 0.2) is 54.7 Å². The molecule has 0 saturated heterocycles. The highest BCUT2D eigenvalue weighted by molar-refractivity contribution is 5.94. The summed E-state index contributed by atoms with van der Waals surface area (Å²) in [7, 11) is 0. The molecule has 1 N–H and O–H groups in total. The average molecular weight is 379 g/mol. The zero-order valence-corrected chi connectivity index (χ0v) is 15.5. The zero-order valence-electron chi connectivity index (χ0n) is 15.5. The summed E-state index contributed by atoms with van der Waals surface area (Å²) in [5, 5.41) is 2.92. The molecule has 0 saturated carbocycles. The van der Waals surface area contributed by atoms with E-state index in [-0.39, 0.29) is 11.7 Å². The molecule has 5 nitrogen and oxygen atoms in total. The summed E-state index contributed by atoms with van der Waals surface area (Å²) >= 11 is 0. The van der Waals surface area contributed by atoms with Gasteiger partial charge in [0.25, 0.3) is 5.91 Å². The van der Waals surface area contributed by atoms with Gasteiger partial charge in [0.1, 0.15) is 24.0 Å². The summed E-state index contributed by atoms with van der Waals surface area (Å²) in [6.07, 6.45) is 5.38. The Kier molecular flexibility index (Phi) is 5.37. The number of halogens is 1. The third-order valence-electron chi connectivity index (χ3n) is 4.80. The number of hydrogen-bond acceptors (Lipinski definition) is 3. The summed E-state index contributed by atoms with van der Waals surface area (Å²) in [6.45, 7) is 1.72. The number of amides is 1. The maximum absolute atomic E-state index is 13.0. The van der Waals surface area contributed by atoms with Crippen LogP contribution in [0.2, 0.25) is 0 Å². The van der Waals surface area contributed by atoms with Gasteiger partial charge in [-0.3, -0.25) is 4.79 Å². The van der Waals surface area contributed by atoms with Crippen LogP contribution in [0.1, 0.15) is 40.3 Å². The van der Waals surface area contributed by atoms with E-state index in [1.54, 1.807) is 36.4 Å². The van der Waals surface area contributed by atoms with Crippen molar-refractivity contribution in [3.8, 4) is 5.75 Å². The number of aryl methyl sites for hydroxylation is 2. The highest BCUT2D eigenvalue weighted by Crippen LogP contribution is 2.17. The maximum atomic E-state index is 13.0. The van der Waals surface area contributed by atoms with Gasteiger partial charge in [0.15, 0.2) is 0 Å². The third-order valence-corrected chi connectivity index (χ3v) is 4.80. The molecule has 1 aliphatic rings. The predicted molar refractivity (Wildman–Crippen MR) is 104 cm³/mol. The monoisotopic (exact) mass is 379 g/mol. The first kappa shape index (κ1) is 18.2. The lowest BCUT2D eigenvalue weighted by Gasteiger charge is -2.11. The molecule has 0 fully saturated rings. The number of nitrogens with zero attached hydrogens (tertiary/aromatic N) is 2. The molecule has 1 amide bonds. The second kappa shape index (κ2) is 8.25. The summed E-state index contributed by atoms with van der Waals surface area (Å²) < 4.78 is 20.9. The Morgan fingerprint density at radius 1 is 1.18 bits per heavy atom. The van der Waals surface area contributed by atoms with Gasteiger partial charge in [0, 0.05) is 24.7 Å². The smallest absolute Gasteiger partial charge is 0.251 e. The lowest BCUT2D eigenvalue weighted by molar-refractivity contribution is 0.0950. The lowest BCUT2D eigenvalue weighted by Crippen LogP contribution is -2.23. The molecule has 4 rings (SSSR count). The normalized spacial score (nSPS) is 13.0. The number of hydrogen-bond donors (Lipinski definition) is 1. The van der Waals surface area contributed by atoms with Gasteiger partial charge in [-0.2, -0.15) is 0 Å². The molecule has 0 atom stereocenters. The number of benzene rings is 2. The molecular weight excluding hydrogens is 357 g/mol. The van der Waals surface area contributed by atoms with Crippen molar-refractivity contribution in [2.45, 2.75) is 39.0 Å². The Hall–Kier alpha value is -3.15. The van der Waals surface area contributed by atoms with Gasteiger partial charge in [-0.05, 0) is 48.7 Å². The van der Waals surface area contributed by atoms with Crippen LogP contribution < -0.4 is 10.1 Å². The van der Waals surface area contributed by atoms with E-state index >= 15 is 0 Å². The molecular formula is C22H22FN3O2. The SMILES string of the molecule is O=C(NCc1cn2c(n1)CCCC2)c1cccc(OCc2ccc(F)cc2)c1. The van der Waals surface area contributed by atoms with Gasteiger partial charge in [-0.15, -0.1) is 0 Å². The zero-order chi connectivity index (χ0) is 19.3. The largest absolute Gasteiger partial charge is 0.489 e. The molecule has 1 aliphatic heterocycles. The molecule has 0 unspecified atom stereocenters. The number of carbonyl (C=O) groups excluding carboxylic acids is 1. The van der Waals surface area contributed by atoms with Crippen LogP contribution in [0.25, 0.3) is 0 Å². The molecule has 144 valence electrons. The maximum Gasteiger partial charge on any atom is 0.251 e. The fourth-order valence-electron chi connectivity index (χ4n) is 3.30. The number of rotatable bonds is 6. The predicted octanol–water partition coefficient (Wildman–Crippen LogP) is 3.87. The van der Waals surface area contributed by atoms with Crippen molar-refractivity contribution in [3.63, 3.8) is 0 Å². The van der Waals surface area contributed by atoms with Gasteiger partial charge < -0.3 is 14.6 Å². The number of imidazole rings is 1. The van der Waals surface area contributed by atoms with Gasteiger partial charge in [-0.1, -0.05) is 18.2 Å². The van der Waals surface area contributed by atoms with E-state index in [0.717, 1.165) is 30.0 Å². The molecule has 28 heavy (non-hydrogen) atoms. The molecule has 3 aromatic rings. The fourth-order valence-corrected chi connectivity index (χ4v) is 3.30. The van der Waals surface area contributed by atoms with E-state index in [2.05, 4.69) is 14.9 Å². The number of aromatic nitrogens is 2. The van der Waals surface area contributed by atoms with Crippen LogP contribution in [-0.2, 0) is 26.1 Å². The molecule has 0 aliphatic carbocycles. The van der Waals surface area contributed by atoms with Crippen molar-refractivity contribution in [3.05, 3.63) is 83.2 Å². The quantitative estimate of drug-likeness (QED) is 0.707. The Morgan fingerprint density at radius 3 is 2.86 bits per heavy atom. The van der Waals surface area contributed by atoms with Crippen LogP contribution in [0.4, 0.5) is 4.39 Å². The molecule has 1 aromatic heterocycles. The van der Waals surface area contributed by atoms with E-state index < -0.39 is 0 Å².